The summed E-state index contributed by atoms with van der Waals surface area (Å²) < 4.78 is 0. The van der Waals surface area contributed by atoms with Crippen molar-refractivity contribution in [1.82, 2.24) is 10.2 Å². The number of benzene rings is 2. The molecular weight excluding hydrogens is 433 g/mol. The van der Waals surface area contributed by atoms with E-state index in [0.717, 1.165) is 31.4 Å². The van der Waals surface area contributed by atoms with Gasteiger partial charge in [-0.1, -0.05) is 48.3 Å². The lowest BCUT2D eigenvalue weighted by molar-refractivity contribution is -0.121. The van der Waals surface area contributed by atoms with Crippen molar-refractivity contribution >= 4 is 40.7 Å². The van der Waals surface area contributed by atoms with Gasteiger partial charge in [0.05, 0.1) is 17.2 Å². The Morgan fingerprint density at radius 3 is 2.55 bits per heavy atom. The first-order valence-electron chi connectivity index (χ1n) is 10.7. The number of nitrogens with zero attached hydrogens (tertiary/aromatic N) is 1. The molecular formula is C24H29Cl2N3O2. The molecule has 7 heteroatoms. The highest BCUT2D eigenvalue weighted by Crippen LogP contribution is 2.28. The Morgan fingerprint density at radius 1 is 1.13 bits per heavy atom. The number of hydrogen-bond donors (Lipinski definition) is 2. The number of rotatable bonds is 7. The molecule has 2 atom stereocenters. The largest absolute Gasteiger partial charge is 0.350 e. The Kier molecular flexibility index (Phi) is 8.35. The van der Waals surface area contributed by atoms with E-state index in [-0.39, 0.29) is 23.8 Å². The number of amides is 2. The van der Waals surface area contributed by atoms with Crippen LogP contribution in [-0.2, 0) is 11.3 Å². The summed E-state index contributed by atoms with van der Waals surface area (Å²) in [5.41, 5.74) is 1.91. The number of halogens is 2. The maximum atomic E-state index is 13.0. The highest BCUT2D eigenvalue weighted by molar-refractivity contribution is 6.35. The molecule has 0 saturated carbocycles. The molecule has 0 aromatic heterocycles. The van der Waals surface area contributed by atoms with Gasteiger partial charge >= 0.3 is 0 Å². The van der Waals surface area contributed by atoms with E-state index in [1.807, 2.05) is 38.1 Å². The predicted octanol–water partition coefficient (Wildman–Crippen LogP) is 5.37. The first kappa shape index (κ1) is 23.6. The second-order valence-corrected chi connectivity index (χ2v) is 8.91. The molecule has 2 aromatic rings. The third-order valence-corrected chi connectivity index (χ3v) is 6.45. The van der Waals surface area contributed by atoms with Gasteiger partial charge in [-0.25, -0.2) is 0 Å². The number of piperidine rings is 1. The van der Waals surface area contributed by atoms with Gasteiger partial charge in [0, 0.05) is 34.7 Å². The van der Waals surface area contributed by atoms with Crippen LogP contribution in [0.15, 0.2) is 42.5 Å². The smallest absolute Gasteiger partial charge is 0.253 e. The van der Waals surface area contributed by atoms with E-state index in [0.29, 0.717) is 34.4 Å². The summed E-state index contributed by atoms with van der Waals surface area (Å²) in [4.78, 5) is 27.9. The minimum absolute atomic E-state index is 0.0693. The van der Waals surface area contributed by atoms with Crippen molar-refractivity contribution < 1.29 is 9.59 Å². The number of likely N-dealkylation sites (tertiary alicyclic amines) is 1. The molecule has 2 aromatic carbocycles. The molecule has 3 rings (SSSR count). The van der Waals surface area contributed by atoms with Crippen molar-refractivity contribution in [2.75, 3.05) is 18.4 Å². The molecule has 31 heavy (non-hydrogen) atoms. The van der Waals surface area contributed by atoms with Crippen LogP contribution in [0.2, 0.25) is 10.0 Å². The number of carbonyl (C=O) groups is 2. The summed E-state index contributed by atoms with van der Waals surface area (Å²) in [5, 5.41) is 7.22. The summed E-state index contributed by atoms with van der Waals surface area (Å²) in [6.45, 7) is 6.09. The van der Waals surface area contributed by atoms with E-state index in [1.165, 1.54) is 0 Å². The molecule has 5 nitrogen and oxygen atoms in total. The molecule has 1 saturated heterocycles. The molecule has 1 aliphatic heterocycles. The lowest BCUT2D eigenvalue weighted by Gasteiger charge is -2.32. The molecule has 0 spiro atoms. The van der Waals surface area contributed by atoms with Gasteiger partial charge in [0.2, 0.25) is 5.91 Å². The normalized spacial score (nSPS) is 17.7. The lowest BCUT2D eigenvalue weighted by Crippen LogP contribution is -2.40. The molecule has 1 aliphatic rings. The van der Waals surface area contributed by atoms with E-state index < -0.39 is 0 Å². The third-order valence-electron chi connectivity index (χ3n) is 5.74. The highest BCUT2D eigenvalue weighted by Gasteiger charge is 2.27. The number of anilines is 1. The fourth-order valence-corrected chi connectivity index (χ4v) is 4.27. The minimum Gasteiger partial charge on any atom is -0.350 e. The average Bonchev–Trinajstić information content (AvgIpc) is 2.76. The van der Waals surface area contributed by atoms with Crippen molar-refractivity contribution in [1.29, 1.82) is 0 Å². The van der Waals surface area contributed by atoms with Gasteiger partial charge in [-0.15, -0.1) is 0 Å². The van der Waals surface area contributed by atoms with Crippen LogP contribution in [0.25, 0.3) is 0 Å². The quantitative estimate of drug-likeness (QED) is 0.582. The maximum absolute atomic E-state index is 13.0. The topological polar surface area (TPSA) is 61.4 Å². The van der Waals surface area contributed by atoms with Gasteiger partial charge in [0.25, 0.3) is 5.91 Å². The second kappa shape index (κ2) is 11.0. The Balaban J connectivity index is 1.66. The third kappa shape index (κ3) is 6.22. The maximum Gasteiger partial charge on any atom is 0.253 e. The minimum atomic E-state index is -0.177. The molecule has 1 heterocycles. The summed E-state index contributed by atoms with van der Waals surface area (Å²) in [7, 11) is 0. The Bertz CT molecular complexity index is 915. The Hall–Kier alpha value is -2.08. The number of hydrogen-bond acceptors (Lipinski definition) is 3. The predicted molar refractivity (Wildman–Crippen MR) is 127 cm³/mol. The van der Waals surface area contributed by atoms with E-state index in [4.69, 9.17) is 23.2 Å². The van der Waals surface area contributed by atoms with Gasteiger partial charge in [-0.05, 0) is 57.0 Å². The number of nitrogens with one attached hydrogen (secondary N) is 2. The molecule has 0 bridgehead atoms. The average molecular weight is 462 g/mol. The van der Waals surface area contributed by atoms with Crippen molar-refractivity contribution in [3.8, 4) is 0 Å². The van der Waals surface area contributed by atoms with Crippen molar-refractivity contribution in [3.05, 3.63) is 63.6 Å². The zero-order valence-electron chi connectivity index (χ0n) is 18.0. The van der Waals surface area contributed by atoms with Crippen LogP contribution < -0.4 is 10.6 Å². The summed E-state index contributed by atoms with van der Waals surface area (Å²) in [6.07, 6.45) is 2.56. The number of para-hydroxylation sites is 1. The highest BCUT2D eigenvalue weighted by atomic mass is 35.5. The lowest BCUT2D eigenvalue weighted by atomic mass is 9.96. The second-order valence-electron chi connectivity index (χ2n) is 8.09. The van der Waals surface area contributed by atoms with E-state index in [2.05, 4.69) is 15.5 Å². The first-order valence-corrected chi connectivity index (χ1v) is 11.5. The fraction of sp³-hybridized carbons (Fsp3) is 0.417. The molecule has 2 N–H and O–H groups in total. The van der Waals surface area contributed by atoms with Gasteiger partial charge in [0.1, 0.15) is 0 Å². The van der Waals surface area contributed by atoms with E-state index in [1.54, 1.807) is 18.2 Å². The van der Waals surface area contributed by atoms with E-state index in [9.17, 15) is 9.59 Å². The molecule has 2 unspecified atom stereocenters. The summed E-state index contributed by atoms with van der Waals surface area (Å²) in [5.74, 6) is -0.414. The van der Waals surface area contributed by atoms with Gasteiger partial charge in [-0.2, -0.15) is 0 Å². The van der Waals surface area contributed by atoms with Gasteiger partial charge in [0.15, 0.2) is 0 Å². The standard InChI is InChI=1S/C24H29Cl2N3O2/c1-3-16(2)27-24(31)18-9-4-5-12-22(18)28-23(30)17-8-7-13-29(14-17)15-19-20(25)10-6-11-21(19)26/h4-6,9-12,16-17H,3,7-8,13-15H2,1-2H3,(H,27,31)(H,28,30). The zero-order valence-corrected chi connectivity index (χ0v) is 19.5. The van der Waals surface area contributed by atoms with Crippen LogP contribution >= 0.6 is 23.2 Å². The van der Waals surface area contributed by atoms with Crippen LogP contribution in [-0.4, -0.2) is 35.8 Å². The van der Waals surface area contributed by atoms with Crippen LogP contribution in [0.1, 0.15) is 49.0 Å². The van der Waals surface area contributed by atoms with Crippen molar-refractivity contribution in [2.45, 2.75) is 45.7 Å². The molecule has 0 aliphatic carbocycles. The Morgan fingerprint density at radius 2 is 1.84 bits per heavy atom. The van der Waals surface area contributed by atoms with Crippen LogP contribution in [0, 0.1) is 5.92 Å². The fourth-order valence-electron chi connectivity index (χ4n) is 3.75. The first-order chi connectivity index (χ1) is 14.9. The molecule has 0 radical (unpaired) electrons. The zero-order chi connectivity index (χ0) is 22.4. The van der Waals surface area contributed by atoms with Crippen LogP contribution in [0.5, 0.6) is 0 Å². The van der Waals surface area contributed by atoms with E-state index >= 15 is 0 Å². The van der Waals surface area contributed by atoms with Gasteiger partial charge in [-0.3, -0.25) is 14.5 Å². The monoisotopic (exact) mass is 461 g/mol. The Labute approximate surface area is 194 Å². The van der Waals surface area contributed by atoms with Gasteiger partial charge < -0.3 is 10.6 Å². The summed E-state index contributed by atoms with van der Waals surface area (Å²) >= 11 is 12.6. The SMILES string of the molecule is CCC(C)NC(=O)c1ccccc1NC(=O)C1CCCN(Cc2c(Cl)cccc2Cl)C1. The molecule has 166 valence electrons. The van der Waals surface area contributed by atoms with Crippen LogP contribution in [0.3, 0.4) is 0 Å². The summed E-state index contributed by atoms with van der Waals surface area (Å²) in [6, 6.07) is 12.7. The van der Waals surface area contributed by atoms with Crippen LogP contribution in [0.4, 0.5) is 5.69 Å². The molecule has 2 amide bonds. The number of carbonyl (C=O) groups excluding carboxylic acids is 2. The van der Waals surface area contributed by atoms with Crippen molar-refractivity contribution in [2.24, 2.45) is 5.92 Å². The molecule has 1 fully saturated rings. The van der Waals surface area contributed by atoms with Crippen molar-refractivity contribution in [3.63, 3.8) is 0 Å².